The minimum Gasteiger partial charge on any atom is -0.502 e. The lowest BCUT2D eigenvalue weighted by Crippen LogP contribution is -2.24. The summed E-state index contributed by atoms with van der Waals surface area (Å²) < 4.78 is 4.95. The molecule has 3 nitrogen and oxygen atoms in total. The largest absolute Gasteiger partial charge is 0.502 e. The van der Waals surface area contributed by atoms with Gasteiger partial charge in [-0.15, -0.1) is 0 Å². The summed E-state index contributed by atoms with van der Waals surface area (Å²) in [7, 11) is 0. The zero-order valence-electron chi connectivity index (χ0n) is 10.5. The van der Waals surface area contributed by atoms with Crippen LogP contribution in [0, 0.1) is 0 Å². The minimum atomic E-state index is 0.0285. The first kappa shape index (κ1) is 14.0. The highest BCUT2D eigenvalue weighted by atomic mass is 16.5. The maximum Gasteiger partial charge on any atom is 0.223 e. The van der Waals surface area contributed by atoms with Gasteiger partial charge < -0.3 is 10.1 Å². The first-order valence-corrected chi connectivity index (χ1v) is 6.03. The molecule has 1 aromatic carbocycles. The standard InChI is InChI=1S/C15H19NO2/c1-2-18-13-7-12-16-15(17)11-6-10-14-8-4-3-5-9-14/h2-6,8-10H,1,7,11-13H2,(H,16,17). The Morgan fingerprint density at radius 3 is 2.83 bits per heavy atom. The number of ether oxygens (including phenoxy) is 1. The van der Waals surface area contributed by atoms with Gasteiger partial charge in [0.2, 0.25) is 5.91 Å². The van der Waals surface area contributed by atoms with Crippen LogP contribution in [-0.2, 0) is 9.53 Å². The molecule has 1 aromatic rings. The van der Waals surface area contributed by atoms with Gasteiger partial charge >= 0.3 is 0 Å². The Morgan fingerprint density at radius 1 is 1.33 bits per heavy atom. The molecular weight excluding hydrogens is 226 g/mol. The van der Waals surface area contributed by atoms with Gasteiger partial charge in [-0.05, 0) is 12.0 Å². The summed E-state index contributed by atoms with van der Waals surface area (Å²) in [4.78, 5) is 11.4. The summed E-state index contributed by atoms with van der Waals surface area (Å²) >= 11 is 0. The van der Waals surface area contributed by atoms with Gasteiger partial charge in [0.1, 0.15) is 0 Å². The molecule has 1 amide bonds. The second-order valence-corrected chi connectivity index (χ2v) is 3.76. The Labute approximate surface area is 108 Å². The Kier molecular flexibility index (Phi) is 7.05. The highest BCUT2D eigenvalue weighted by Gasteiger charge is 1.96. The monoisotopic (exact) mass is 245 g/mol. The SMILES string of the molecule is C=COCCCNC(=O)CC=Cc1ccccc1. The fraction of sp³-hybridized carbons (Fsp3) is 0.267. The molecule has 0 saturated heterocycles. The summed E-state index contributed by atoms with van der Waals surface area (Å²) in [6.07, 6.45) is 6.41. The lowest BCUT2D eigenvalue weighted by molar-refractivity contribution is -0.120. The lowest BCUT2D eigenvalue weighted by atomic mass is 10.2. The van der Waals surface area contributed by atoms with Crippen molar-refractivity contribution in [2.24, 2.45) is 0 Å². The van der Waals surface area contributed by atoms with E-state index in [1.165, 1.54) is 6.26 Å². The van der Waals surface area contributed by atoms with Gasteiger partial charge in [-0.1, -0.05) is 49.1 Å². The van der Waals surface area contributed by atoms with Crippen LogP contribution in [0.25, 0.3) is 6.08 Å². The van der Waals surface area contributed by atoms with Crippen molar-refractivity contribution in [3.63, 3.8) is 0 Å². The van der Waals surface area contributed by atoms with Crippen molar-refractivity contribution in [2.75, 3.05) is 13.2 Å². The lowest BCUT2D eigenvalue weighted by Gasteiger charge is -2.03. The van der Waals surface area contributed by atoms with Gasteiger partial charge in [0.15, 0.2) is 0 Å². The average molecular weight is 245 g/mol. The molecule has 0 radical (unpaired) electrons. The van der Waals surface area contributed by atoms with E-state index in [-0.39, 0.29) is 5.91 Å². The predicted octanol–water partition coefficient (Wildman–Crippen LogP) is 2.76. The van der Waals surface area contributed by atoms with Crippen LogP contribution in [0.4, 0.5) is 0 Å². The van der Waals surface area contributed by atoms with Gasteiger partial charge in [-0.2, -0.15) is 0 Å². The van der Waals surface area contributed by atoms with Crippen LogP contribution in [0.3, 0.4) is 0 Å². The van der Waals surface area contributed by atoms with E-state index in [1.807, 2.05) is 42.5 Å². The third kappa shape index (κ3) is 6.53. The van der Waals surface area contributed by atoms with Crippen LogP contribution < -0.4 is 5.32 Å². The third-order valence-corrected chi connectivity index (χ3v) is 2.29. The maximum absolute atomic E-state index is 11.4. The molecule has 3 heteroatoms. The second-order valence-electron chi connectivity index (χ2n) is 3.76. The number of hydrogen-bond donors (Lipinski definition) is 1. The van der Waals surface area contributed by atoms with E-state index in [4.69, 9.17) is 4.74 Å². The Morgan fingerprint density at radius 2 is 2.11 bits per heavy atom. The number of hydrogen-bond acceptors (Lipinski definition) is 2. The van der Waals surface area contributed by atoms with Crippen LogP contribution in [0.2, 0.25) is 0 Å². The fourth-order valence-corrected chi connectivity index (χ4v) is 1.41. The number of rotatable bonds is 8. The molecule has 0 bridgehead atoms. The Hall–Kier alpha value is -2.03. The van der Waals surface area contributed by atoms with Crippen LogP contribution >= 0.6 is 0 Å². The molecule has 1 rings (SSSR count). The summed E-state index contributed by atoms with van der Waals surface area (Å²) in [6, 6.07) is 9.91. The molecule has 0 aromatic heterocycles. The highest BCUT2D eigenvalue weighted by Crippen LogP contribution is 2.01. The zero-order chi connectivity index (χ0) is 13.1. The smallest absolute Gasteiger partial charge is 0.223 e. The normalized spacial score (nSPS) is 10.2. The molecule has 1 N–H and O–H groups in total. The number of benzene rings is 1. The molecule has 0 aliphatic heterocycles. The van der Waals surface area contributed by atoms with Crippen molar-refractivity contribution in [2.45, 2.75) is 12.8 Å². The maximum atomic E-state index is 11.4. The van der Waals surface area contributed by atoms with E-state index in [9.17, 15) is 4.79 Å². The average Bonchev–Trinajstić information content (AvgIpc) is 2.40. The molecule has 0 saturated carbocycles. The van der Waals surface area contributed by atoms with E-state index < -0.39 is 0 Å². The van der Waals surface area contributed by atoms with Crippen LogP contribution in [-0.4, -0.2) is 19.1 Å². The van der Waals surface area contributed by atoms with E-state index in [2.05, 4.69) is 11.9 Å². The topological polar surface area (TPSA) is 38.3 Å². The van der Waals surface area contributed by atoms with Crippen LogP contribution in [0.1, 0.15) is 18.4 Å². The number of carbonyl (C=O) groups excluding carboxylic acids is 1. The van der Waals surface area contributed by atoms with E-state index in [1.54, 1.807) is 0 Å². The molecule has 0 aliphatic rings. The van der Waals surface area contributed by atoms with Crippen LogP contribution in [0.15, 0.2) is 49.2 Å². The van der Waals surface area contributed by atoms with Crippen molar-refractivity contribution in [1.29, 1.82) is 0 Å². The molecule has 0 aliphatic carbocycles. The first-order valence-electron chi connectivity index (χ1n) is 6.03. The number of nitrogens with one attached hydrogen (secondary N) is 1. The van der Waals surface area contributed by atoms with Gasteiger partial charge in [-0.3, -0.25) is 4.79 Å². The second kappa shape index (κ2) is 9.05. The molecule has 0 heterocycles. The van der Waals surface area contributed by atoms with Gasteiger partial charge in [-0.25, -0.2) is 0 Å². The molecule has 96 valence electrons. The quantitative estimate of drug-likeness (QED) is 0.565. The summed E-state index contributed by atoms with van der Waals surface area (Å²) in [5.41, 5.74) is 1.10. The molecular formula is C15H19NO2. The van der Waals surface area contributed by atoms with E-state index in [0.717, 1.165) is 12.0 Å². The summed E-state index contributed by atoms with van der Waals surface area (Å²) in [5.74, 6) is 0.0285. The highest BCUT2D eigenvalue weighted by molar-refractivity contribution is 5.78. The van der Waals surface area contributed by atoms with Gasteiger partial charge in [0.05, 0.1) is 12.9 Å². The fourth-order valence-electron chi connectivity index (χ4n) is 1.41. The Balaban J connectivity index is 2.13. The van der Waals surface area contributed by atoms with Crippen molar-refractivity contribution in [3.05, 3.63) is 54.8 Å². The predicted molar refractivity (Wildman–Crippen MR) is 73.9 cm³/mol. The first-order chi connectivity index (χ1) is 8.83. The zero-order valence-corrected chi connectivity index (χ0v) is 10.5. The molecule has 0 atom stereocenters. The molecule has 0 unspecified atom stereocenters. The molecule has 18 heavy (non-hydrogen) atoms. The van der Waals surface area contributed by atoms with Crippen molar-refractivity contribution in [3.8, 4) is 0 Å². The van der Waals surface area contributed by atoms with Crippen molar-refractivity contribution < 1.29 is 9.53 Å². The van der Waals surface area contributed by atoms with E-state index >= 15 is 0 Å². The van der Waals surface area contributed by atoms with Gasteiger partial charge in [0.25, 0.3) is 0 Å². The van der Waals surface area contributed by atoms with Gasteiger partial charge in [0, 0.05) is 13.0 Å². The third-order valence-electron chi connectivity index (χ3n) is 2.29. The molecule has 0 fully saturated rings. The Bertz CT molecular complexity index is 385. The summed E-state index contributed by atoms with van der Waals surface area (Å²) in [5, 5.41) is 2.82. The summed E-state index contributed by atoms with van der Waals surface area (Å²) in [6.45, 7) is 4.66. The van der Waals surface area contributed by atoms with Crippen LogP contribution in [0.5, 0.6) is 0 Å². The molecule has 0 spiro atoms. The number of amides is 1. The number of carbonyl (C=O) groups is 1. The van der Waals surface area contributed by atoms with Crippen molar-refractivity contribution in [1.82, 2.24) is 5.32 Å². The van der Waals surface area contributed by atoms with E-state index in [0.29, 0.717) is 19.6 Å². The minimum absolute atomic E-state index is 0.0285. The van der Waals surface area contributed by atoms with Crippen molar-refractivity contribution >= 4 is 12.0 Å².